The van der Waals surface area contributed by atoms with E-state index < -0.39 is 0 Å². The lowest BCUT2D eigenvalue weighted by atomic mass is 10.1. The topological polar surface area (TPSA) is 77.3 Å². The summed E-state index contributed by atoms with van der Waals surface area (Å²) in [5.74, 6) is 0.224. The molecule has 0 unspecified atom stereocenters. The van der Waals surface area contributed by atoms with Gasteiger partial charge in [-0.1, -0.05) is 17.3 Å². The number of nitrogens with zero attached hydrogens (tertiary/aromatic N) is 4. The van der Waals surface area contributed by atoms with Crippen LogP contribution < -0.4 is 0 Å². The molecule has 23 heavy (non-hydrogen) atoms. The number of ether oxygens (including phenoxy) is 1. The molecule has 0 bridgehead atoms. The second-order valence-electron chi connectivity index (χ2n) is 5.20. The van der Waals surface area contributed by atoms with Gasteiger partial charge in [0.05, 0.1) is 31.2 Å². The smallest absolute Gasteiger partial charge is 0.337 e. The van der Waals surface area contributed by atoms with Crippen LogP contribution in [0.2, 0.25) is 0 Å². The molecule has 1 fully saturated rings. The Hall–Kier alpha value is -2.35. The van der Waals surface area contributed by atoms with E-state index >= 15 is 0 Å². The minimum atomic E-state index is -0.356. The molecule has 120 valence electrons. The summed E-state index contributed by atoms with van der Waals surface area (Å²) in [5.41, 5.74) is 2.28. The zero-order valence-electron chi connectivity index (χ0n) is 12.8. The van der Waals surface area contributed by atoms with E-state index in [0.717, 1.165) is 11.3 Å². The molecule has 2 heterocycles. The van der Waals surface area contributed by atoms with Crippen molar-refractivity contribution in [2.45, 2.75) is 11.9 Å². The Morgan fingerprint density at radius 2 is 2.13 bits per heavy atom. The fourth-order valence-electron chi connectivity index (χ4n) is 2.33. The summed E-state index contributed by atoms with van der Waals surface area (Å²) in [6, 6.07) is 7.15. The van der Waals surface area contributed by atoms with Gasteiger partial charge in [0, 0.05) is 7.05 Å². The van der Waals surface area contributed by atoms with Gasteiger partial charge < -0.3 is 9.64 Å². The number of thioether (sulfide) groups is 1. The lowest BCUT2D eigenvalue weighted by Gasteiger charge is -2.15. The van der Waals surface area contributed by atoms with Gasteiger partial charge in [0.1, 0.15) is 11.1 Å². The van der Waals surface area contributed by atoms with E-state index in [4.69, 9.17) is 0 Å². The summed E-state index contributed by atoms with van der Waals surface area (Å²) in [6.07, 6.45) is 1.85. The minimum Gasteiger partial charge on any atom is -0.465 e. The first-order valence-corrected chi connectivity index (χ1v) is 8.08. The highest BCUT2D eigenvalue weighted by molar-refractivity contribution is 8.00. The van der Waals surface area contributed by atoms with Gasteiger partial charge in [-0.25, -0.2) is 9.48 Å². The van der Waals surface area contributed by atoms with Crippen molar-refractivity contribution in [2.24, 2.45) is 0 Å². The molecule has 0 aliphatic carbocycles. The highest BCUT2D eigenvalue weighted by Gasteiger charge is 2.31. The second kappa shape index (κ2) is 6.41. The van der Waals surface area contributed by atoms with E-state index in [-0.39, 0.29) is 17.3 Å². The van der Waals surface area contributed by atoms with Crippen LogP contribution in [0.5, 0.6) is 0 Å². The van der Waals surface area contributed by atoms with Crippen molar-refractivity contribution in [1.82, 2.24) is 19.9 Å². The van der Waals surface area contributed by atoms with Crippen LogP contribution in [0.15, 0.2) is 30.5 Å². The number of aromatic nitrogens is 3. The molecule has 8 heteroatoms. The van der Waals surface area contributed by atoms with E-state index in [0.29, 0.717) is 17.9 Å². The van der Waals surface area contributed by atoms with E-state index in [9.17, 15) is 9.59 Å². The Kier molecular flexibility index (Phi) is 4.33. The standard InChI is InChI=1S/C15H16N4O3S/c1-18-13(20)9-23-14(18)12-8-19(17-16-12)7-10-3-5-11(6-4-10)15(21)22-2/h3-6,8,14H,7,9H2,1-2H3/t14-/m0/s1. The molecule has 3 rings (SSSR count). The summed E-state index contributed by atoms with van der Waals surface area (Å²) < 4.78 is 6.39. The molecule has 0 spiro atoms. The maximum Gasteiger partial charge on any atom is 0.337 e. The third kappa shape index (κ3) is 3.21. The fourth-order valence-corrected chi connectivity index (χ4v) is 3.46. The monoisotopic (exact) mass is 332 g/mol. The zero-order valence-corrected chi connectivity index (χ0v) is 13.6. The molecule has 0 saturated carbocycles. The molecule has 1 amide bonds. The van der Waals surface area contributed by atoms with Gasteiger partial charge in [-0.05, 0) is 17.7 Å². The molecule has 1 aromatic heterocycles. The fraction of sp³-hybridized carbons (Fsp3) is 0.333. The summed E-state index contributed by atoms with van der Waals surface area (Å²) >= 11 is 1.55. The van der Waals surface area contributed by atoms with Gasteiger partial charge in [0.25, 0.3) is 0 Å². The lowest BCUT2D eigenvalue weighted by molar-refractivity contribution is -0.126. The number of benzene rings is 1. The van der Waals surface area contributed by atoms with Crippen molar-refractivity contribution in [2.75, 3.05) is 19.9 Å². The predicted octanol–water partition coefficient (Wildman–Crippen LogP) is 1.32. The third-order valence-corrected chi connectivity index (χ3v) is 4.93. The Morgan fingerprint density at radius 1 is 1.39 bits per heavy atom. The largest absolute Gasteiger partial charge is 0.465 e. The number of rotatable bonds is 4. The molecule has 1 aliphatic heterocycles. The SMILES string of the molecule is COC(=O)c1ccc(Cn2cc([C@@H]3SCC(=O)N3C)nn2)cc1. The molecule has 0 N–H and O–H groups in total. The Morgan fingerprint density at radius 3 is 2.74 bits per heavy atom. The molecule has 1 atom stereocenters. The van der Waals surface area contributed by atoms with Crippen LogP contribution in [-0.2, 0) is 16.1 Å². The van der Waals surface area contributed by atoms with E-state index in [1.54, 1.807) is 40.5 Å². The van der Waals surface area contributed by atoms with E-state index in [1.165, 1.54) is 7.11 Å². The Bertz CT molecular complexity index is 729. The maximum atomic E-state index is 11.6. The molecular weight excluding hydrogens is 316 g/mol. The summed E-state index contributed by atoms with van der Waals surface area (Å²) in [7, 11) is 3.13. The van der Waals surface area contributed by atoms with Crippen LogP contribution in [0.3, 0.4) is 0 Å². The number of methoxy groups -OCH3 is 1. The first-order valence-electron chi connectivity index (χ1n) is 7.03. The van der Waals surface area contributed by atoms with Gasteiger partial charge in [0.15, 0.2) is 0 Å². The summed E-state index contributed by atoms with van der Waals surface area (Å²) in [5, 5.41) is 8.20. The Balaban J connectivity index is 1.69. The highest BCUT2D eigenvalue weighted by atomic mass is 32.2. The van der Waals surface area contributed by atoms with Gasteiger partial charge in [-0.2, -0.15) is 0 Å². The number of hydrogen-bond acceptors (Lipinski definition) is 6. The van der Waals surface area contributed by atoms with Gasteiger partial charge in [0.2, 0.25) is 5.91 Å². The highest BCUT2D eigenvalue weighted by Crippen LogP contribution is 2.35. The van der Waals surface area contributed by atoms with E-state index in [2.05, 4.69) is 15.0 Å². The molecule has 1 aliphatic rings. The predicted molar refractivity (Wildman–Crippen MR) is 84.9 cm³/mol. The van der Waals surface area contributed by atoms with Crippen molar-refractivity contribution >= 4 is 23.6 Å². The van der Waals surface area contributed by atoms with Crippen LogP contribution in [0.4, 0.5) is 0 Å². The number of amides is 1. The van der Waals surface area contributed by atoms with Gasteiger partial charge >= 0.3 is 5.97 Å². The van der Waals surface area contributed by atoms with Gasteiger partial charge in [-0.3, -0.25) is 4.79 Å². The van der Waals surface area contributed by atoms with Crippen molar-refractivity contribution in [3.63, 3.8) is 0 Å². The first-order chi connectivity index (χ1) is 11.1. The van der Waals surface area contributed by atoms with Crippen molar-refractivity contribution < 1.29 is 14.3 Å². The molecular formula is C15H16N4O3S. The Labute approximate surface area is 137 Å². The maximum absolute atomic E-state index is 11.6. The van der Waals surface area contributed by atoms with Crippen LogP contribution in [-0.4, -0.2) is 51.7 Å². The molecule has 0 radical (unpaired) electrons. The number of carbonyl (C=O) groups is 2. The van der Waals surface area contributed by atoms with Crippen LogP contribution >= 0.6 is 11.8 Å². The average molecular weight is 332 g/mol. The molecule has 7 nitrogen and oxygen atoms in total. The number of esters is 1. The molecule has 2 aromatic rings. The molecule has 1 aromatic carbocycles. The van der Waals surface area contributed by atoms with Crippen molar-refractivity contribution in [3.05, 3.63) is 47.3 Å². The normalized spacial score (nSPS) is 17.6. The van der Waals surface area contributed by atoms with Gasteiger partial charge in [-0.15, -0.1) is 16.9 Å². The zero-order chi connectivity index (χ0) is 16.4. The lowest BCUT2D eigenvalue weighted by Crippen LogP contribution is -2.23. The van der Waals surface area contributed by atoms with Crippen molar-refractivity contribution in [1.29, 1.82) is 0 Å². The molecule has 1 saturated heterocycles. The van der Waals surface area contributed by atoms with Crippen LogP contribution in [0, 0.1) is 0 Å². The quantitative estimate of drug-likeness (QED) is 0.786. The average Bonchev–Trinajstić information content (AvgIpc) is 3.15. The van der Waals surface area contributed by atoms with Crippen LogP contribution in [0.1, 0.15) is 27.0 Å². The number of carbonyl (C=O) groups excluding carboxylic acids is 2. The van der Waals surface area contributed by atoms with Crippen molar-refractivity contribution in [3.8, 4) is 0 Å². The second-order valence-corrected chi connectivity index (χ2v) is 6.27. The summed E-state index contributed by atoms with van der Waals surface area (Å²) in [6.45, 7) is 0.545. The minimum absolute atomic E-state index is 0.0713. The number of hydrogen-bond donors (Lipinski definition) is 0. The summed E-state index contributed by atoms with van der Waals surface area (Å²) in [4.78, 5) is 24.7. The van der Waals surface area contributed by atoms with Crippen LogP contribution in [0.25, 0.3) is 0 Å². The first kappa shape index (κ1) is 15.5. The van der Waals surface area contributed by atoms with E-state index in [1.807, 2.05) is 18.3 Å². The third-order valence-electron chi connectivity index (χ3n) is 3.64.